The van der Waals surface area contributed by atoms with E-state index in [-0.39, 0.29) is 11.3 Å². The molecule has 126 valence electrons. The van der Waals surface area contributed by atoms with Crippen LogP contribution in [0.1, 0.15) is 15.9 Å². The minimum atomic E-state index is -4.49. The number of nitrogens with one attached hydrogen (secondary N) is 1. The average Bonchev–Trinajstić information content (AvgIpc) is 2.52. The molecule has 0 radical (unpaired) electrons. The van der Waals surface area contributed by atoms with Crippen LogP contribution in [0, 0.1) is 0 Å². The highest BCUT2D eigenvalue weighted by molar-refractivity contribution is 5.96. The number of halogens is 3. The van der Waals surface area contributed by atoms with Crippen LogP contribution in [-0.4, -0.2) is 18.4 Å². The fraction of sp³-hybridized carbons (Fsp3) is 0.125. The molecule has 24 heavy (non-hydrogen) atoms. The number of carbonyl (C=O) groups is 2. The van der Waals surface area contributed by atoms with Crippen LogP contribution in [0.4, 0.5) is 18.9 Å². The number of alkyl halides is 3. The fourth-order valence-electron chi connectivity index (χ4n) is 1.86. The molecule has 0 spiro atoms. The predicted octanol–water partition coefficient (Wildman–Crippen LogP) is 2.82. The van der Waals surface area contributed by atoms with Crippen molar-refractivity contribution in [3.63, 3.8) is 0 Å². The number of rotatable bonds is 5. The second-order valence-electron chi connectivity index (χ2n) is 4.81. The Bertz CT molecular complexity index is 760. The number of hydrogen-bond acceptors (Lipinski definition) is 3. The fourth-order valence-corrected chi connectivity index (χ4v) is 1.86. The Balaban J connectivity index is 1.96. The van der Waals surface area contributed by atoms with Gasteiger partial charge in [0.1, 0.15) is 5.75 Å². The number of ether oxygens (including phenoxy) is 1. The third-order valence-electron chi connectivity index (χ3n) is 2.96. The molecule has 0 aliphatic carbocycles. The van der Waals surface area contributed by atoms with Crippen LogP contribution in [0.5, 0.6) is 5.75 Å². The molecule has 0 atom stereocenters. The number of nitrogens with two attached hydrogens (primary N) is 1. The first-order valence-electron chi connectivity index (χ1n) is 6.75. The monoisotopic (exact) mass is 338 g/mol. The maximum absolute atomic E-state index is 12.6. The molecule has 0 aliphatic rings. The Morgan fingerprint density at radius 1 is 1.08 bits per heavy atom. The smallest absolute Gasteiger partial charge is 0.416 e. The van der Waals surface area contributed by atoms with E-state index >= 15 is 0 Å². The number of amides is 2. The lowest BCUT2D eigenvalue weighted by Gasteiger charge is -2.10. The van der Waals surface area contributed by atoms with Gasteiger partial charge in [0, 0.05) is 11.3 Å². The van der Waals surface area contributed by atoms with Crippen molar-refractivity contribution in [2.75, 3.05) is 11.9 Å². The summed E-state index contributed by atoms with van der Waals surface area (Å²) in [6, 6.07) is 10.1. The maximum atomic E-state index is 12.6. The van der Waals surface area contributed by atoms with E-state index in [0.29, 0.717) is 5.69 Å². The third kappa shape index (κ3) is 4.73. The number of benzene rings is 2. The van der Waals surface area contributed by atoms with E-state index in [1.54, 1.807) is 0 Å². The predicted molar refractivity (Wildman–Crippen MR) is 80.5 cm³/mol. The van der Waals surface area contributed by atoms with E-state index in [9.17, 15) is 22.8 Å². The van der Waals surface area contributed by atoms with E-state index in [4.69, 9.17) is 10.5 Å². The van der Waals surface area contributed by atoms with Crippen LogP contribution >= 0.6 is 0 Å². The molecule has 0 saturated carbocycles. The summed E-state index contributed by atoms with van der Waals surface area (Å²) in [6.45, 7) is -0.484. The molecule has 0 heterocycles. The van der Waals surface area contributed by atoms with Gasteiger partial charge in [0.15, 0.2) is 6.61 Å². The standard InChI is InChI=1S/C16H13F3N2O3/c17-16(18,19)11-4-2-6-13(8-11)24-9-14(22)21-12-5-1-3-10(7-12)15(20)23/h1-8H,9H2,(H2,20,23)(H,21,22). The van der Waals surface area contributed by atoms with Gasteiger partial charge in [0.05, 0.1) is 5.56 Å². The lowest BCUT2D eigenvalue weighted by Crippen LogP contribution is -2.20. The summed E-state index contributed by atoms with van der Waals surface area (Å²) < 4.78 is 42.8. The average molecular weight is 338 g/mol. The van der Waals surface area contributed by atoms with Crippen molar-refractivity contribution in [1.29, 1.82) is 0 Å². The topological polar surface area (TPSA) is 81.4 Å². The molecular formula is C16H13F3N2O3. The Labute approximate surface area is 135 Å². The maximum Gasteiger partial charge on any atom is 0.416 e. The van der Waals surface area contributed by atoms with Crippen LogP contribution in [0.3, 0.4) is 0 Å². The number of primary amides is 1. The van der Waals surface area contributed by atoms with Crippen molar-refractivity contribution >= 4 is 17.5 Å². The molecule has 0 fully saturated rings. The summed E-state index contributed by atoms with van der Waals surface area (Å²) in [4.78, 5) is 22.8. The summed E-state index contributed by atoms with van der Waals surface area (Å²) in [5.41, 5.74) is 4.80. The van der Waals surface area contributed by atoms with Gasteiger partial charge in [-0.25, -0.2) is 0 Å². The molecule has 0 saturated heterocycles. The molecule has 0 aromatic heterocycles. The summed E-state index contributed by atoms with van der Waals surface area (Å²) in [5.74, 6) is -1.31. The van der Waals surface area contributed by atoms with Gasteiger partial charge in [0.25, 0.3) is 5.91 Å². The van der Waals surface area contributed by atoms with E-state index < -0.39 is 30.2 Å². The zero-order valence-corrected chi connectivity index (χ0v) is 12.3. The third-order valence-corrected chi connectivity index (χ3v) is 2.96. The number of anilines is 1. The summed E-state index contributed by atoms with van der Waals surface area (Å²) in [6.07, 6.45) is -4.49. The Hall–Kier alpha value is -3.03. The minimum absolute atomic E-state index is 0.0779. The molecule has 0 bridgehead atoms. The molecule has 8 heteroatoms. The van der Waals surface area contributed by atoms with E-state index in [1.807, 2.05) is 0 Å². The van der Waals surface area contributed by atoms with E-state index in [1.165, 1.54) is 36.4 Å². The molecule has 2 aromatic carbocycles. The van der Waals surface area contributed by atoms with Crippen LogP contribution < -0.4 is 15.8 Å². The molecule has 2 rings (SSSR count). The van der Waals surface area contributed by atoms with Crippen molar-refractivity contribution in [2.45, 2.75) is 6.18 Å². The van der Waals surface area contributed by atoms with Gasteiger partial charge in [-0.2, -0.15) is 13.2 Å². The lowest BCUT2D eigenvalue weighted by atomic mass is 10.2. The molecule has 0 unspecified atom stereocenters. The van der Waals surface area contributed by atoms with Gasteiger partial charge in [-0.1, -0.05) is 12.1 Å². The Kier molecular flexibility index (Phi) is 5.08. The Morgan fingerprint density at radius 3 is 2.46 bits per heavy atom. The summed E-state index contributed by atoms with van der Waals surface area (Å²) in [5, 5.41) is 2.46. The number of carbonyl (C=O) groups excluding carboxylic acids is 2. The zero-order valence-electron chi connectivity index (χ0n) is 12.3. The SMILES string of the molecule is NC(=O)c1cccc(NC(=O)COc2cccc(C(F)(F)F)c2)c1. The second kappa shape index (κ2) is 7.03. The molecule has 0 aliphatic heterocycles. The highest BCUT2D eigenvalue weighted by Gasteiger charge is 2.30. The summed E-state index contributed by atoms with van der Waals surface area (Å²) in [7, 11) is 0. The largest absolute Gasteiger partial charge is 0.484 e. The molecule has 2 aromatic rings. The first-order valence-corrected chi connectivity index (χ1v) is 6.75. The van der Waals surface area contributed by atoms with Crippen LogP contribution in [0.15, 0.2) is 48.5 Å². The van der Waals surface area contributed by atoms with Crippen molar-refractivity contribution in [3.05, 3.63) is 59.7 Å². The Morgan fingerprint density at radius 2 is 1.79 bits per heavy atom. The van der Waals surface area contributed by atoms with Crippen molar-refractivity contribution < 1.29 is 27.5 Å². The van der Waals surface area contributed by atoms with Crippen molar-refractivity contribution in [1.82, 2.24) is 0 Å². The highest BCUT2D eigenvalue weighted by atomic mass is 19.4. The molecular weight excluding hydrogens is 325 g/mol. The summed E-state index contributed by atoms with van der Waals surface area (Å²) >= 11 is 0. The molecule has 2 amide bonds. The van der Waals surface area contributed by atoms with E-state index in [2.05, 4.69) is 5.32 Å². The van der Waals surface area contributed by atoms with Gasteiger partial charge < -0.3 is 15.8 Å². The second-order valence-corrected chi connectivity index (χ2v) is 4.81. The highest BCUT2D eigenvalue weighted by Crippen LogP contribution is 2.31. The lowest BCUT2D eigenvalue weighted by molar-refractivity contribution is -0.137. The number of hydrogen-bond donors (Lipinski definition) is 2. The first kappa shape index (κ1) is 17.3. The van der Waals surface area contributed by atoms with Gasteiger partial charge in [-0.3, -0.25) is 9.59 Å². The van der Waals surface area contributed by atoms with Crippen LogP contribution in [0.25, 0.3) is 0 Å². The normalized spacial score (nSPS) is 11.0. The van der Waals surface area contributed by atoms with Crippen molar-refractivity contribution in [3.8, 4) is 5.75 Å². The molecule has 5 nitrogen and oxygen atoms in total. The van der Waals surface area contributed by atoms with Crippen LogP contribution in [0.2, 0.25) is 0 Å². The quantitative estimate of drug-likeness (QED) is 0.879. The zero-order chi connectivity index (χ0) is 17.7. The minimum Gasteiger partial charge on any atom is -0.484 e. The van der Waals surface area contributed by atoms with Gasteiger partial charge >= 0.3 is 6.18 Å². The van der Waals surface area contributed by atoms with Crippen molar-refractivity contribution in [2.24, 2.45) is 5.73 Å². The van der Waals surface area contributed by atoms with E-state index in [0.717, 1.165) is 12.1 Å². The van der Waals surface area contributed by atoms with Gasteiger partial charge in [-0.15, -0.1) is 0 Å². The molecule has 3 N–H and O–H groups in total. The van der Waals surface area contributed by atoms with Gasteiger partial charge in [0.2, 0.25) is 5.91 Å². The first-order chi connectivity index (χ1) is 11.3. The van der Waals surface area contributed by atoms with Crippen LogP contribution in [-0.2, 0) is 11.0 Å². The van der Waals surface area contributed by atoms with Gasteiger partial charge in [-0.05, 0) is 36.4 Å².